The van der Waals surface area contributed by atoms with E-state index in [0.717, 1.165) is 55.3 Å². The van der Waals surface area contributed by atoms with Crippen LogP contribution < -0.4 is 5.73 Å². The van der Waals surface area contributed by atoms with Gasteiger partial charge in [-0.05, 0) is 85.0 Å². The molecule has 2 aromatic rings. The molecule has 1 saturated carbocycles. The fourth-order valence-corrected chi connectivity index (χ4v) is 6.13. The first-order chi connectivity index (χ1) is 14.4. The number of hydrogen-bond acceptors (Lipinski definition) is 4. The molecule has 2 N–H and O–H groups in total. The van der Waals surface area contributed by atoms with Crippen LogP contribution in [-0.4, -0.2) is 37.7 Å². The summed E-state index contributed by atoms with van der Waals surface area (Å²) in [5.41, 5.74) is 11.8. The van der Waals surface area contributed by atoms with Crippen molar-refractivity contribution >= 4 is 5.96 Å². The highest BCUT2D eigenvalue weighted by Gasteiger charge is 2.61. The number of guanidine groups is 1. The third-order valence-electron chi connectivity index (χ3n) is 7.86. The lowest BCUT2D eigenvalue weighted by Crippen LogP contribution is -2.47. The zero-order valence-corrected chi connectivity index (χ0v) is 18.0. The molecule has 2 aromatic carbocycles. The average molecular weight is 408 g/mol. The topological polar surface area (TPSA) is 50.9 Å². The Kier molecular flexibility index (Phi) is 4.44. The molecule has 5 heteroatoms. The number of nitrogens with two attached hydrogens (primary N) is 1. The van der Waals surface area contributed by atoms with Crippen molar-refractivity contribution in [3.63, 3.8) is 0 Å². The molecule has 5 rings (SSSR count). The smallest absolute Gasteiger partial charge is 0.192 e. The van der Waals surface area contributed by atoms with Gasteiger partial charge in [-0.15, -0.1) is 0 Å². The molecule has 2 aliphatic carbocycles. The minimum atomic E-state index is -0.336. The van der Waals surface area contributed by atoms with Gasteiger partial charge >= 0.3 is 0 Å². The van der Waals surface area contributed by atoms with Crippen molar-refractivity contribution in [1.82, 2.24) is 4.90 Å². The third kappa shape index (κ3) is 2.71. The number of methoxy groups -OCH3 is 1. The Balaban J connectivity index is 1.64. The van der Waals surface area contributed by atoms with Crippen LogP contribution in [0, 0.1) is 18.2 Å². The van der Waals surface area contributed by atoms with E-state index in [0.29, 0.717) is 12.1 Å². The van der Waals surface area contributed by atoms with E-state index in [-0.39, 0.29) is 16.8 Å². The number of aryl methyl sites for hydroxylation is 1. The van der Waals surface area contributed by atoms with Gasteiger partial charge in [0.25, 0.3) is 0 Å². The highest BCUT2D eigenvalue weighted by Crippen LogP contribution is 2.61. The lowest BCUT2D eigenvalue weighted by Gasteiger charge is -2.46. The van der Waals surface area contributed by atoms with Crippen molar-refractivity contribution in [2.45, 2.75) is 50.7 Å². The number of ether oxygens (including phenoxy) is 1. The summed E-state index contributed by atoms with van der Waals surface area (Å²) < 4.78 is 19.7. The molecule has 2 spiro atoms. The Hall–Kier alpha value is -2.40. The monoisotopic (exact) mass is 407 g/mol. The standard InChI is InChI=1S/C25H30FN3O/c1-16-4-7-19(26)13-21(16)17-5-6-18-14-24(10-8-20(30-3)9-11-24)25(22(18)12-17)15-29(2)23(27)28-25/h4-7,12-13,20H,8-11,14-15H2,1-3H3,(H2,27,28). The van der Waals surface area contributed by atoms with Crippen LogP contribution >= 0.6 is 0 Å². The number of rotatable bonds is 2. The van der Waals surface area contributed by atoms with Gasteiger partial charge < -0.3 is 15.4 Å². The number of aliphatic imine (C=N–C) groups is 1. The Labute approximate surface area is 177 Å². The number of nitrogens with zero attached hydrogens (tertiary/aromatic N) is 2. The first-order valence-corrected chi connectivity index (χ1v) is 10.9. The van der Waals surface area contributed by atoms with Crippen LogP contribution in [0.5, 0.6) is 0 Å². The van der Waals surface area contributed by atoms with Crippen LogP contribution in [0.15, 0.2) is 41.4 Å². The molecule has 0 bridgehead atoms. The SMILES string of the molecule is COC1CCC2(CC1)Cc1ccc(-c3cc(F)ccc3C)cc1C21CN(C)C(N)=N1. The molecule has 4 nitrogen and oxygen atoms in total. The molecular weight excluding hydrogens is 377 g/mol. The minimum absolute atomic E-state index is 0.0648. The largest absolute Gasteiger partial charge is 0.381 e. The van der Waals surface area contributed by atoms with E-state index in [1.807, 2.05) is 27.1 Å². The van der Waals surface area contributed by atoms with E-state index in [1.165, 1.54) is 17.2 Å². The predicted octanol–water partition coefficient (Wildman–Crippen LogP) is 4.39. The van der Waals surface area contributed by atoms with E-state index in [9.17, 15) is 4.39 Å². The van der Waals surface area contributed by atoms with E-state index < -0.39 is 0 Å². The maximum atomic E-state index is 14.0. The average Bonchev–Trinajstić information content (AvgIpc) is 3.18. The molecule has 1 atom stereocenters. The second-order valence-electron chi connectivity index (χ2n) is 9.41. The van der Waals surface area contributed by atoms with Gasteiger partial charge in [0, 0.05) is 19.6 Å². The Morgan fingerprint density at radius 1 is 1.17 bits per heavy atom. The molecule has 0 radical (unpaired) electrons. The second-order valence-corrected chi connectivity index (χ2v) is 9.41. The van der Waals surface area contributed by atoms with Crippen LogP contribution in [-0.2, 0) is 16.7 Å². The first kappa shape index (κ1) is 19.6. The van der Waals surface area contributed by atoms with E-state index in [4.69, 9.17) is 15.5 Å². The van der Waals surface area contributed by atoms with E-state index in [2.05, 4.69) is 23.1 Å². The molecule has 1 heterocycles. The Bertz CT molecular complexity index is 1030. The molecule has 158 valence electrons. The molecule has 30 heavy (non-hydrogen) atoms. The van der Waals surface area contributed by atoms with Gasteiger partial charge in [0.15, 0.2) is 5.96 Å². The fourth-order valence-electron chi connectivity index (χ4n) is 6.13. The van der Waals surface area contributed by atoms with Crippen LogP contribution in [0.3, 0.4) is 0 Å². The summed E-state index contributed by atoms with van der Waals surface area (Å²) >= 11 is 0. The Morgan fingerprint density at radius 3 is 2.60 bits per heavy atom. The summed E-state index contributed by atoms with van der Waals surface area (Å²) in [7, 11) is 3.84. The molecule has 0 saturated heterocycles. The van der Waals surface area contributed by atoms with Crippen LogP contribution in [0.1, 0.15) is 42.4 Å². The van der Waals surface area contributed by atoms with E-state index in [1.54, 1.807) is 6.07 Å². The van der Waals surface area contributed by atoms with Crippen LogP contribution in [0.25, 0.3) is 11.1 Å². The molecule has 3 aliphatic rings. The molecule has 1 aliphatic heterocycles. The first-order valence-electron chi connectivity index (χ1n) is 10.9. The number of hydrogen-bond donors (Lipinski definition) is 1. The summed E-state index contributed by atoms with van der Waals surface area (Å²) in [5, 5.41) is 0. The number of halogens is 1. The van der Waals surface area contributed by atoms with E-state index >= 15 is 0 Å². The molecule has 0 amide bonds. The highest BCUT2D eigenvalue weighted by atomic mass is 19.1. The number of likely N-dealkylation sites (N-methyl/N-ethyl adjacent to an activating group) is 1. The lowest BCUT2D eigenvalue weighted by atomic mass is 9.61. The molecular formula is C25H30FN3O. The van der Waals surface area contributed by atoms with Gasteiger partial charge in [-0.3, -0.25) is 0 Å². The maximum Gasteiger partial charge on any atom is 0.192 e. The number of benzene rings is 2. The number of fused-ring (bicyclic) bond motifs is 3. The maximum absolute atomic E-state index is 14.0. The molecule has 1 fully saturated rings. The van der Waals surface area contributed by atoms with Crippen molar-refractivity contribution in [2.75, 3.05) is 20.7 Å². The van der Waals surface area contributed by atoms with Gasteiger partial charge in [0.2, 0.25) is 0 Å². The van der Waals surface area contributed by atoms with Crippen LogP contribution in [0.4, 0.5) is 4.39 Å². The van der Waals surface area contributed by atoms with Gasteiger partial charge in [-0.25, -0.2) is 9.38 Å². The van der Waals surface area contributed by atoms with Gasteiger partial charge in [-0.1, -0.05) is 18.2 Å². The van der Waals surface area contributed by atoms with Crippen molar-refractivity contribution in [1.29, 1.82) is 0 Å². The molecule has 0 aromatic heterocycles. The van der Waals surface area contributed by atoms with Crippen LogP contribution in [0.2, 0.25) is 0 Å². The predicted molar refractivity (Wildman–Crippen MR) is 118 cm³/mol. The Morgan fingerprint density at radius 2 is 1.93 bits per heavy atom. The van der Waals surface area contributed by atoms with Crippen molar-refractivity contribution in [2.24, 2.45) is 16.1 Å². The van der Waals surface area contributed by atoms with Crippen molar-refractivity contribution < 1.29 is 9.13 Å². The fraction of sp³-hybridized carbons (Fsp3) is 0.480. The van der Waals surface area contributed by atoms with Crippen molar-refractivity contribution in [3.8, 4) is 11.1 Å². The quantitative estimate of drug-likeness (QED) is 0.803. The zero-order valence-electron chi connectivity index (χ0n) is 18.0. The normalized spacial score (nSPS) is 30.2. The summed E-state index contributed by atoms with van der Waals surface area (Å²) in [6.07, 6.45) is 5.63. The van der Waals surface area contributed by atoms with Gasteiger partial charge in [0.1, 0.15) is 11.4 Å². The van der Waals surface area contributed by atoms with Crippen molar-refractivity contribution in [3.05, 3.63) is 58.9 Å². The zero-order chi connectivity index (χ0) is 21.1. The second kappa shape index (κ2) is 6.81. The minimum Gasteiger partial charge on any atom is -0.381 e. The molecule has 1 unspecified atom stereocenters. The third-order valence-corrected chi connectivity index (χ3v) is 7.86. The van der Waals surface area contributed by atoms with Gasteiger partial charge in [0.05, 0.1) is 12.6 Å². The lowest BCUT2D eigenvalue weighted by molar-refractivity contribution is -0.00331. The highest BCUT2D eigenvalue weighted by molar-refractivity contribution is 5.82. The summed E-state index contributed by atoms with van der Waals surface area (Å²) in [4.78, 5) is 7.23. The summed E-state index contributed by atoms with van der Waals surface area (Å²) in [6, 6.07) is 11.6. The van der Waals surface area contributed by atoms with Gasteiger partial charge in [-0.2, -0.15) is 0 Å². The summed E-state index contributed by atoms with van der Waals surface area (Å²) in [5.74, 6) is 0.409. The summed E-state index contributed by atoms with van der Waals surface area (Å²) in [6.45, 7) is 2.83.